The normalized spacial score (nSPS) is 11.1. The Morgan fingerprint density at radius 2 is 1.57 bits per heavy atom. The number of carboxylic acid groups (broad SMARTS) is 2. The van der Waals surface area contributed by atoms with Crippen molar-refractivity contribution in [2.24, 2.45) is 5.11 Å². The fraction of sp³-hybridized carbons (Fsp3) is 0.0323. The summed E-state index contributed by atoms with van der Waals surface area (Å²) in [6, 6.07) is 19.8. The maximum absolute atomic E-state index is 13.3. The van der Waals surface area contributed by atoms with Gasteiger partial charge in [0.15, 0.2) is 0 Å². The van der Waals surface area contributed by atoms with Crippen LogP contribution in [0.1, 0.15) is 42.3 Å². The molecule has 0 atom stereocenters. The van der Waals surface area contributed by atoms with Crippen LogP contribution in [0.25, 0.3) is 22.8 Å². The second-order valence-electron chi connectivity index (χ2n) is 9.67. The molecule has 15 nitrogen and oxygen atoms in total. The zero-order valence-electron chi connectivity index (χ0n) is 23.6. The minimum absolute atomic E-state index is 0.0256. The van der Waals surface area contributed by atoms with Gasteiger partial charge >= 0.3 is 11.9 Å². The number of carboxylic acids is 2. The van der Waals surface area contributed by atoms with E-state index in [4.69, 9.17) is 10.6 Å². The van der Waals surface area contributed by atoms with Crippen LogP contribution in [0.4, 0.5) is 5.69 Å². The number of phenols is 2. The van der Waals surface area contributed by atoms with Crippen LogP contribution in [0, 0.1) is 5.53 Å². The van der Waals surface area contributed by atoms with E-state index in [2.05, 4.69) is 31.0 Å². The number of rotatable bonds is 11. The monoisotopic (exact) mass is 620 g/mol. The predicted molar refractivity (Wildman–Crippen MR) is 163 cm³/mol. The zero-order valence-corrected chi connectivity index (χ0v) is 23.6. The molecule has 0 aliphatic carbocycles. The Bertz CT molecular complexity index is 2010. The first-order valence-electron chi connectivity index (χ1n) is 13.4. The van der Waals surface area contributed by atoms with Crippen LogP contribution in [-0.4, -0.2) is 58.2 Å². The number of aromatic carboxylic acids is 2. The fourth-order valence-electron chi connectivity index (χ4n) is 4.27. The zero-order chi connectivity index (χ0) is 32.8. The Morgan fingerprint density at radius 3 is 2.22 bits per heavy atom. The molecule has 1 amide bonds. The Kier molecular flexibility index (Phi) is 8.75. The molecular formula is C31H24N8O7. The highest BCUT2D eigenvalue weighted by Crippen LogP contribution is 2.26. The van der Waals surface area contributed by atoms with Gasteiger partial charge < -0.3 is 31.1 Å². The van der Waals surface area contributed by atoms with Gasteiger partial charge in [-0.15, -0.1) is 5.10 Å². The van der Waals surface area contributed by atoms with E-state index in [0.717, 1.165) is 5.56 Å². The number of aromatic nitrogens is 4. The van der Waals surface area contributed by atoms with Gasteiger partial charge in [0.05, 0.1) is 23.3 Å². The smallest absolute Gasteiger partial charge is 0.339 e. The second-order valence-corrected chi connectivity index (χ2v) is 9.67. The molecule has 5 aromatic rings. The molecule has 0 saturated carbocycles. The van der Waals surface area contributed by atoms with E-state index in [-0.39, 0.29) is 46.0 Å². The predicted octanol–water partition coefficient (Wildman–Crippen LogP) is 4.51. The number of hydrogen-bond acceptors (Lipinski definition) is 11. The van der Waals surface area contributed by atoms with Gasteiger partial charge in [-0.05, 0) is 42.0 Å². The van der Waals surface area contributed by atoms with Crippen LogP contribution in [0.15, 0.2) is 96.4 Å². The minimum atomic E-state index is -1.30. The lowest BCUT2D eigenvalue weighted by atomic mass is 10.1. The number of carbonyl (C=O) groups excluding carboxylic acids is 1. The lowest BCUT2D eigenvalue weighted by Crippen LogP contribution is -2.23. The van der Waals surface area contributed by atoms with Crippen LogP contribution >= 0.6 is 0 Å². The molecular weight excluding hydrogens is 596 g/mol. The minimum Gasteiger partial charge on any atom is -0.507 e. The van der Waals surface area contributed by atoms with Crippen molar-refractivity contribution in [1.82, 2.24) is 25.3 Å². The van der Waals surface area contributed by atoms with E-state index in [1.807, 2.05) is 30.3 Å². The van der Waals surface area contributed by atoms with Crippen molar-refractivity contribution in [2.75, 3.05) is 5.32 Å². The highest BCUT2D eigenvalue weighted by Gasteiger charge is 2.17. The van der Waals surface area contributed by atoms with Crippen molar-refractivity contribution in [2.45, 2.75) is 6.54 Å². The molecule has 2 heterocycles. The lowest BCUT2D eigenvalue weighted by molar-refractivity contribution is 0.0682. The number of nitrogens with one attached hydrogen (secondary N) is 3. The first-order valence-corrected chi connectivity index (χ1v) is 13.4. The summed E-state index contributed by atoms with van der Waals surface area (Å²) in [7, 11) is 0. The summed E-state index contributed by atoms with van der Waals surface area (Å²) in [5, 5.41) is 55.8. The van der Waals surface area contributed by atoms with E-state index < -0.39 is 29.3 Å². The van der Waals surface area contributed by atoms with Crippen LogP contribution in [0.3, 0.4) is 0 Å². The third kappa shape index (κ3) is 6.84. The molecule has 0 aliphatic rings. The molecule has 0 bridgehead atoms. The van der Waals surface area contributed by atoms with Gasteiger partial charge in [0, 0.05) is 36.1 Å². The topological polar surface area (TPSA) is 236 Å². The summed E-state index contributed by atoms with van der Waals surface area (Å²) < 4.78 is 1.28. The molecule has 0 unspecified atom stereocenters. The summed E-state index contributed by atoms with van der Waals surface area (Å²) in [6.07, 6.45) is 2.75. The maximum Gasteiger partial charge on any atom is 0.339 e. The first kappa shape index (κ1) is 30.6. The molecule has 5 rings (SSSR count). The van der Waals surface area contributed by atoms with Crippen molar-refractivity contribution in [3.05, 3.63) is 119 Å². The van der Waals surface area contributed by atoms with Crippen LogP contribution in [0.5, 0.6) is 11.5 Å². The molecule has 0 radical (unpaired) electrons. The van der Waals surface area contributed by atoms with Crippen LogP contribution in [-0.2, 0) is 6.54 Å². The van der Waals surface area contributed by atoms with E-state index in [1.165, 1.54) is 65.6 Å². The number of nitrogens with zero attached hydrogens (tertiary/aromatic N) is 5. The standard InChI is InChI=1S/C31H24N8O7/c32-36-25(15-33-19-6-8-21(30(43)44)27(40)12-19)23-10-18(29(42)34-14-17-4-2-1-3-5-17)11-24(35-23)26-16-39(38-37-26)20-7-9-22(31(45)46)28(41)13-20/h1-13,15-16,32-33,40-41H,14H2,(H,34,42)(H,43,44)(H,45,46)/b25-15-,36-32?. The quantitative estimate of drug-likeness (QED) is 0.101. The summed E-state index contributed by atoms with van der Waals surface area (Å²) >= 11 is 0. The van der Waals surface area contributed by atoms with Gasteiger partial charge in [-0.3, -0.25) is 4.79 Å². The number of carbonyl (C=O) groups is 3. The van der Waals surface area contributed by atoms with E-state index in [0.29, 0.717) is 11.4 Å². The number of amides is 1. The second kappa shape index (κ2) is 13.2. The first-order chi connectivity index (χ1) is 22.1. The average molecular weight is 621 g/mol. The number of hydrogen-bond donors (Lipinski definition) is 7. The van der Waals surface area contributed by atoms with E-state index in [9.17, 15) is 29.7 Å². The molecule has 0 spiro atoms. The van der Waals surface area contributed by atoms with Gasteiger partial charge in [-0.25, -0.2) is 24.8 Å². The van der Waals surface area contributed by atoms with E-state index in [1.54, 1.807) is 0 Å². The fourth-order valence-corrected chi connectivity index (χ4v) is 4.27. The average Bonchev–Trinajstić information content (AvgIpc) is 3.55. The molecule has 3 aromatic carbocycles. The Morgan fingerprint density at radius 1 is 0.870 bits per heavy atom. The van der Waals surface area contributed by atoms with Crippen molar-refractivity contribution in [3.63, 3.8) is 0 Å². The molecule has 46 heavy (non-hydrogen) atoms. The summed E-state index contributed by atoms with van der Waals surface area (Å²) in [5.41, 5.74) is 9.27. The number of aromatic hydroxyl groups is 2. The van der Waals surface area contributed by atoms with Crippen molar-refractivity contribution in [1.29, 1.82) is 5.53 Å². The largest absolute Gasteiger partial charge is 0.507 e. The third-order valence-corrected chi connectivity index (χ3v) is 6.60. The molecule has 0 fully saturated rings. The van der Waals surface area contributed by atoms with Gasteiger partial charge in [-0.1, -0.05) is 35.5 Å². The molecule has 2 aromatic heterocycles. The SMILES string of the molecule is N=N/C(=C\Nc1ccc(C(=O)O)c(O)c1)c1cc(C(=O)NCc2ccccc2)cc(-c2cn(-c3ccc(C(=O)O)c(O)c3)nn2)n1. The molecule has 0 saturated heterocycles. The summed E-state index contributed by atoms with van der Waals surface area (Å²) in [6.45, 7) is 0.238. The van der Waals surface area contributed by atoms with Gasteiger partial charge in [0.25, 0.3) is 5.91 Å². The van der Waals surface area contributed by atoms with Gasteiger partial charge in [0.2, 0.25) is 0 Å². The molecule has 15 heteroatoms. The molecule has 7 N–H and O–H groups in total. The third-order valence-electron chi connectivity index (χ3n) is 6.60. The number of pyridine rings is 1. The Balaban J connectivity index is 1.50. The summed E-state index contributed by atoms with van der Waals surface area (Å²) in [4.78, 5) is 40.3. The van der Waals surface area contributed by atoms with Crippen molar-refractivity contribution >= 4 is 29.2 Å². The van der Waals surface area contributed by atoms with Gasteiger partial charge in [-0.2, -0.15) is 5.11 Å². The van der Waals surface area contributed by atoms with Gasteiger partial charge in [0.1, 0.15) is 34.0 Å². The highest BCUT2D eigenvalue weighted by molar-refractivity contribution is 5.96. The summed E-state index contributed by atoms with van der Waals surface area (Å²) in [5.74, 6) is -3.99. The Labute approximate surface area is 259 Å². The maximum atomic E-state index is 13.3. The molecule has 0 aliphatic heterocycles. The Hall–Kier alpha value is -6.90. The molecule has 230 valence electrons. The lowest BCUT2D eigenvalue weighted by Gasteiger charge is -2.10. The van der Waals surface area contributed by atoms with Crippen LogP contribution in [0.2, 0.25) is 0 Å². The number of anilines is 1. The number of benzene rings is 3. The van der Waals surface area contributed by atoms with Crippen molar-refractivity contribution in [3.8, 4) is 28.6 Å². The van der Waals surface area contributed by atoms with Crippen molar-refractivity contribution < 1.29 is 34.8 Å². The van der Waals surface area contributed by atoms with Crippen LogP contribution < -0.4 is 10.6 Å². The van der Waals surface area contributed by atoms with E-state index >= 15 is 0 Å². The highest BCUT2D eigenvalue weighted by atomic mass is 16.4.